The van der Waals surface area contributed by atoms with Crippen molar-refractivity contribution in [1.82, 2.24) is 20.1 Å². The molecule has 1 aromatic heterocycles. The Balaban J connectivity index is 2.23. The van der Waals surface area contributed by atoms with Gasteiger partial charge in [0.15, 0.2) is 5.16 Å². The van der Waals surface area contributed by atoms with Gasteiger partial charge in [-0.05, 0) is 39.7 Å². The summed E-state index contributed by atoms with van der Waals surface area (Å²) in [6, 6.07) is 0.568. The number of rotatable bonds is 9. The predicted molar refractivity (Wildman–Crippen MR) is 76.2 cm³/mol. The molecule has 1 rings (SSSR count). The largest absolute Gasteiger partial charge is 0.343 e. The lowest BCUT2D eigenvalue weighted by Crippen LogP contribution is -2.26. The average molecular weight is 272 g/mol. The number of aromatic nitrogens is 3. The second kappa shape index (κ2) is 8.37. The highest BCUT2D eigenvalue weighted by Gasteiger charge is 2.07. The molecule has 0 saturated carbocycles. The molecule has 18 heavy (non-hydrogen) atoms. The summed E-state index contributed by atoms with van der Waals surface area (Å²) < 4.78 is 1.67. The van der Waals surface area contributed by atoms with Gasteiger partial charge >= 0.3 is 5.69 Å². The van der Waals surface area contributed by atoms with Crippen LogP contribution in [-0.4, -0.2) is 33.1 Å². The first-order valence-corrected chi connectivity index (χ1v) is 7.69. The van der Waals surface area contributed by atoms with E-state index in [1.807, 2.05) is 6.92 Å². The number of hydrogen-bond donors (Lipinski definition) is 2. The van der Waals surface area contributed by atoms with Crippen molar-refractivity contribution in [2.75, 3.05) is 12.3 Å². The lowest BCUT2D eigenvalue weighted by atomic mass is 10.2. The van der Waals surface area contributed by atoms with E-state index in [4.69, 9.17) is 0 Å². The highest BCUT2D eigenvalue weighted by atomic mass is 32.2. The molecule has 1 aromatic rings. The molecular formula is C12H24N4OS. The maximum absolute atomic E-state index is 11.4. The van der Waals surface area contributed by atoms with E-state index in [1.165, 1.54) is 6.42 Å². The second-order valence-corrected chi connectivity index (χ2v) is 5.46. The molecule has 104 valence electrons. The maximum Gasteiger partial charge on any atom is 0.343 e. The van der Waals surface area contributed by atoms with Gasteiger partial charge in [-0.2, -0.15) is 0 Å². The minimum absolute atomic E-state index is 0.113. The molecule has 0 aromatic carbocycles. The molecule has 6 heteroatoms. The zero-order chi connectivity index (χ0) is 13.4. The Hall–Kier alpha value is -0.750. The Kier molecular flexibility index (Phi) is 7.12. The summed E-state index contributed by atoms with van der Waals surface area (Å²) in [6.07, 6.45) is 3.47. The standard InChI is InChI=1S/C12H24N4OS/c1-4-8-13-10(3)7-6-9-18-12-15-14-11(17)16(12)5-2/h10,13H,4-9H2,1-3H3,(H,14,17). The molecule has 1 unspecified atom stereocenters. The number of thioether (sulfide) groups is 1. The van der Waals surface area contributed by atoms with E-state index in [2.05, 4.69) is 29.4 Å². The zero-order valence-corrected chi connectivity index (χ0v) is 12.3. The molecule has 0 radical (unpaired) electrons. The van der Waals surface area contributed by atoms with Gasteiger partial charge in [-0.1, -0.05) is 18.7 Å². The van der Waals surface area contributed by atoms with Crippen LogP contribution in [0.2, 0.25) is 0 Å². The van der Waals surface area contributed by atoms with Crippen molar-refractivity contribution in [3.05, 3.63) is 10.5 Å². The van der Waals surface area contributed by atoms with Gasteiger partial charge in [0.25, 0.3) is 0 Å². The molecule has 5 nitrogen and oxygen atoms in total. The third-order valence-electron chi connectivity index (χ3n) is 2.79. The topological polar surface area (TPSA) is 62.7 Å². The lowest BCUT2D eigenvalue weighted by Gasteiger charge is -2.12. The first-order chi connectivity index (χ1) is 8.69. The minimum Gasteiger partial charge on any atom is -0.314 e. The summed E-state index contributed by atoms with van der Waals surface area (Å²) in [5.74, 6) is 1.00. The zero-order valence-electron chi connectivity index (χ0n) is 11.5. The number of H-pyrrole nitrogens is 1. The summed E-state index contributed by atoms with van der Waals surface area (Å²) in [5.41, 5.74) is -0.113. The summed E-state index contributed by atoms with van der Waals surface area (Å²) >= 11 is 1.65. The molecule has 0 aliphatic rings. The summed E-state index contributed by atoms with van der Waals surface area (Å²) in [6.45, 7) is 8.11. The van der Waals surface area contributed by atoms with Crippen molar-refractivity contribution >= 4 is 11.8 Å². The third kappa shape index (κ3) is 4.86. The maximum atomic E-state index is 11.4. The van der Waals surface area contributed by atoms with Gasteiger partial charge in [0.2, 0.25) is 0 Å². The monoisotopic (exact) mass is 272 g/mol. The fourth-order valence-electron chi connectivity index (χ4n) is 1.74. The van der Waals surface area contributed by atoms with E-state index in [0.29, 0.717) is 12.6 Å². The Morgan fingerprint density at radius 2 is 2.28 bits per heavy atom. The molecule has 2 N–H and O–H groups in total. The lowest BCUT2D eigenvalue weighted by molar-refractivity contribution is 0.510. The first-order valence-electron chi connectivity index (χ1n) is 6.70. The van der Waals surface area contributed by atoms with Crippen molar-refractivity contribution in [1.29, 1.82) is 0 Å². The number of hydrogen-bond acceptors (Lipinski definition) is 4. The molecule has 0 fully saturated rings. The van der Waals surface area contributed by atoms with Gasteiger partial charge in [-0.15, -0.1) is 5.10 Å². The Labute approximate surface area is 113 Å². The van der Waals surface area contributed by atoms with Crippen LogP contribution in [0.5, 0.6) is 0 Å². The van der Waals surface area contributed by atoms with Crippen molar-refractivity contribution < 1.29 is 0 Å². The second-order valence-electron chi connectivity index (χ2n) is 4.40. The molecule has 0 bridgehead atoms. The number of nitrogens with one attached hydrogen (secondary N) is 2. The van der Waals surface area contributed by atoms with E-state index < -0.39 is 0 Å². The van der Waals surface area contributed by atoms with Crippen molar-refractivity contribution in [2.24, 2.45) is 0 Å². The minimum atomic E-state index is -0.113. The molecule has 1 heterocycles. The van der Waals surface area contributed by atoms with E-state index in [9.17, 15) is 4.79 Å². The molecular weight excluding hydrogens is 248 g/mol. The Bertz CT molecular complexity index is 388. The highest BCUT2D eigenvalue weighted by molar-refractivity contribution is 7.99. The van der Waals surface area contributed by atoms with E-state index in [0.717, 1.165) is 30.3 Å². The fourth-order valence-corrected chi connectivity index (χ4v) is 2.71. The summed E-state index contributed by atoms with van der Waals surface area (Å²) in [4.78, 5) is 11.4. The van der Waals surface area contributed by atoms with Crippen LogP contribution in [0, 0.1) is 0 Å². The van der Waals surface area contributed by atoms with Crippen molar-refractivity contribution in [2.45, 2.75) is 57.8 Å². The number of nitrogens with zero attached hydrogens (tertiary/aromatic N) is 2. The molecule has 0 spiro atoms. The Morgan fingerprint density at radius 1 is 1.50 bits per heavy atom. The highest BCUT2D eigenvalue weighted by Crippen LogP contribution is 2.15. The van der Waals surface area contributed by atoms with E-state index in [-0.39, 0.29) is 5.69 Å². The predicted octanol–water partition coefficient (Wildman–Crippen LogP) is 1.85. The van der Waals surface area contributed by atoms with Crippen LogP contribution in [0.4, 0.5) is 0 Å². The van der Waals surface area contributed by atoms with E-state index >= 15 is 0 Å². The SMILES string of the molecule is CCCNC(C)CCCSc1n[nH]c(=O)n1CC. The van der Waals surface area contributed by atoms with Crippen molar-refractivity contribution in [3.63, 3.8) is 0 Å². The van der Waals surface area contributed by atoms with Gasteiger partial charge in [0, 0.05) is 18.3 Å². The van der Waals surface area contributed by atoms with Crippen LogP contribution >= 0.6 is 11.8 Å². The normalized spacial score (nSPS) is 12.8. The number of aromatic amines is 1. The fraction of sp³-hybridized carbons (Fsp3) is 0.833. The first kappa shape index (κ1) is 15.3. The van der Waals surface area contributed by atoms with Crippen LogP contribution in [0.25, 0.3) is 0 Å². The van der Waals surface area contributed by atoms with Crippen LogP contribution in [-0.2, 0) is 6.54 Å². The molecule has 1 atom stereocenters. The van der Waals surface area contributed by atoms with E-state index in [1.54, 1.807) is 16.3 Å². The van der Waals surface area contributed by atoms with Gasteiger partial charge in [-0.25, -0.2) is 9.89 Å². The summed E-state index contributed by atoms with van der Waals surface area (Å²) in [7, 11) is 0. The average Bonchev–Trinajstić information content (AvgIpc) is 2.72. The molecule has 0 aliphatic heterocycles. The third-order valence-corrected chi connectivity index (χ3v) is 3.86. The van der Waals surface area contributed by atoms with Gasteiger partial charge in [-0.3, -0.25) is 4.57 Å². The van der Waals surface area contributed by atoms with Crippen LogP contribution in [0.15, 0.2) is 9.95 Å². The van der Waals surface area contributed by atoms with Crippen LogP contribution in [0.1, 0.15) is 40.0 Å². The molecule has 0 saturated heterocycles. The molecule has 0 aliphatic carbocycles. The van der Waals surface area contributed by atoms with Gasteiger partial charge in [0.1, 0.15) is 0 Å². The van der Waals surface area contributed by atoms with Crippen LogP contribution in [0.3, 0.4) is 0 Å². The van der Waals surface area contributed by atoms with Gasteiger partial charge in [0.05, 0.1) is 0 Å². The van der Waals surface area contributed by atoms with Gasteiger partial charge < -0.3 is 5.32 Å². The van der Waals surface area contributed by atoms with Crippen LogP contribution < -0.4 is 11.0 Å². The quantitative estimate of drug-likeness (QED) is 0.532. The Morgan fingerprint density at radius 3 is 2.94 bits per heavy atom. The summed E-state index contributed by atoms with van der Waals surface area (Å²) in [5, 5.41) is 10.8. The molecule has 0 amide bonds. The smallest absolute Gasteiger partial charge is 0.314 e. The van der Waals surface area contributed by atoms with Crippen molar-refractivity contribution in [3.8, 4) is 0 Å².